The highest BCUT2D eigenvalue weighted by atomic mass is 79.9. The number of halogens is 2. The normalized spacial score (nSPS) is 16.3. The van der Waals surface area contributed by atoms with Crippen LogP contribution >= 0.6 is 31.9 Å². The first kappa shape index (κ1) is 16.1. The molecule has 2 aromatic carbocycles. The van der Waals surface area contributed by atoms with E-state index in [9.17, 15) is 0 Å². The Bertz CT molecular complexity index is 534. The highest BCUT2D eigenvalue weighted by Crippen LogP contribution is 2.22. The van der Waals surface area contributed by atoms with Crippen LogP contribution in [-0.4, -0.2) is 19.8 Å². The quantitative estimate of drug-likeness (QED) is 0.602. The van der Waals surface area contributed by atoms with Crippen LogP contribution in [0.3, 0.4) is 0 Å². The summed E-state index contributed by atoms with van der Waals surface area (Å²) in [7, 11) is 0. The fourth-order valence-electron chi connectivity index (χ4n) is 3.29. The molecule has 2 aromatic rings. The van der Waals surface area contributed by atoms with Gasteiger partial charge < -0.3 is 4.90 Å². The van der Waals surface area contributed by atoms with E-state index < -0.39 is 0 Å². The first-order valence-electron chi connectivity index (χ1n) is 7.98. The number of nitrogens with zero attached hydrogens (tertiary/aromatic N) is 1. The van der Waals surface area contributed by atoms with E-state index in [0.717, 1.165) is 24.3 Å². The Balaban J connectivity index is 1.62. The molecule has 1 nitrogen and oxygen atoms in total. The van der Waals surface area contributed by atoms with Gasteiger partial charge in [-0.05, 0) is 49.2 Å². The molecule has 0 N–H and O–H groups in total. The summed E-state index contributed by atoms with van der Waals surface area (Å²) in [5, 5.41) is 0. The topological polar surface area (TPSA) is 3.24 Å². The molecule has 0 unspecified atom stereocenters. The molecule has 4 heteroatoms. The number of hydrogen-bond acceptors (Lipinski definition) is 1. The molecule has 3 rings (SSSR count). The van der Waals surface area contributed by atoms with E-state index in [1.165, 1.54) is 41.1 Å². The summed E-state index contributed by atoms with van der Waals surface area (Å²) >= 11 is 7.04. The highest BCUT2D eigenvalue weighted by Gasteiger charge is 2.20. The molecule has 1 aliphatic rings. The molecule has 0 saturated carbocycles. The summed E-state index contributed by atoms with van der Waals surface area (Å²) in [6.45, 7) is 3.05. The van der Waals surface area contributed by atoms with Crippen LogP contribution in [0.25, 0.3) is 0 Å². The van der Waals surface area contributed by atoms with Crippen molar-refractivity contribution in [1.29, 1.82) is 0 Å². The lowest BCUT2D eigenvalue weighted by Crippen LogP contribution is -2.36. The van der Waals surface area contributed by atoms with Gasteiger partial charge in [-0.2, -0.15) is 0 Å². The molecule has 22 heavy (non-hydrogen) atoms. The van der Waals surface area contributed by atoms with Crippen LogP contribution in [0.15, 0.2) is 57.5 Å². The zero-order valence-corrected chi connectivity index (χ0v) is 15.8. The van der Waals surface area contributed by atoms with E-state index in [4.69, 9.17) is 0 Å². The molecular formula is C18H20BBr2N. The lowest BCUT2D eigenvalue weighted by atomic mass is 9.39. The van der Waals surface area contributed by atoms with Gasteiger partial charge in [-0.1, -0.05) is 62.1 Å². The van der Waals surface area contributed by atoms with Gasteiger partial charge in [-0.15, -0.1) is 0 Å². The molecule has 1 saturated heterocycles. The Morgan fingerprint density at radius 3 is 1.77 bits per heavy atom. The minimum Gasteiger partial charge on any atom is -0.372 e. The number of hydrogen-bond donors (Lipinski definition) is 0. The third-order valence-corrected chi connectivity index (χ3v) is 5.55. The van der Waals surface area contributed by atoms with Crippen molar-refractivity contribution in [2.45, 2.75) is 25.5 Å². The van der Waals surface area contributed by atoms with Gasteiger partial charge in [-0.3, -0.25) is 0 Å². The molecule has 1 heterocycles. The predicted octanol–water partition coefficient (Wildman–Crippen LogP) is 5.21. The predicted molar refractivity (Wildman–Crippen MR) is 105 cm³/mol. The van der Waals surface area contributed by atoms with Crippen molar-refractivity contribution in [3.05, 3.63) is 57.5 Å². The second-order valence-electron chi connectivity index (χ2n) is 6.00. The Kier molecular flexibility index (Phi) is 5.64. The minimum atomic E-state index is 0.722. The zero-order chi connectivity index (χ0) is 15.4. The molecule has 0 spiro atoms. The zero-order valence-electron chi connectivity index (χ0n) is 12.6. The summed E-state index contributed by atoms with van der Waals surface area (Å²) in [6.07, 6.45) is 5.09. The van der Waals surface area contributed by atoms with E-state index in [1.54, 1.807) is 0 Å². The van der Waals surface area contributed by atoms with Gasteiger partial charge in [0, 0.05) is 27.7 Å². The van der Waals surface area contributed by atoms with Crippen LogP contribution < -0.4 is 10.4 Å². The Morgan fingerprint density at radius 1 is 0.727 bits per heavy atom. The van der Waals surface area contributed by atoms with Gasteiger partial charge in [0.25, 0.3) is 0 Å². The second-order valence-corrected chi connectivity index (χ2v) is 7.83. The summed E-state index contributed by atoms with van der Waals surface area (Å²) in [6, 6.07) is 17.6. The van der Waals surface area contributed by atoms with Crippen molar-refractivity contribution in [3.8, 4) is 0 Å². The van der Waals surface area contributed by atoms with Gasteiger partial charge in [0.1, 0.15) is 0 Å². The van der Waals surface area contributed by atoms with Crippen LogP contribution in [0.1, 0.15) is 12.8 Å². The van der Waals surface area contributed by atoms with Gasteiger partial charge in [-0.25, -0.2) is 0 Å². The Hall–Kier alpha value is -0.735. The molecule has 114 valence electrons. The maximum absolute atomic E-state index is 3.53. The maximum Gasteiger partial charge on any atom is 0.176 e. The van der Waals surface area contributed by atoms with Crippen molar-refractivity contribution in [2.24, 2.45) is 0 Å². The van der Waals surface area contributed by atoms with Gasteiger partial charge in [0.2, 0.25) is 0 Å². The monoisotopic (exact) mass is 419 g/mol. The lowest BCUT2D eigenvalue weighted by Gasteiger charge is -2.29. The molecule has 0 atom stereocenters. The van der Waals surface area contributed by atoms with Crippen molar-refractivity contribution in [2.75, 3.05) is 18.0 Å². The van der Waals surface area contributed by atoms with E-state index in [1.807, 2.05) is 0 Å². The van der Waals surface area contributed by atoms with E-state index >= 15 is 0 Å². The molecule has 0 aromatic heterocycles. The third-order valence-electron chi connectivity index (χ3n) is 4.49. The van der Waals surface area contributed by atoms with E-state index in [0.29, 0.717) is 0 Å². The molecule has 1 fully saturated rings. The average molecular weight is 421 g/mol. The van der Waals surface area contributed by atoms with Crippen molar-refractivity contribution in [1.82, 2.24) is 0 Å². The molecule has 0 aliphatic carbocycles. The summed E-state index contributed by atoms with van der Waals surface area (Å²) in [4.78, 5) is 2.53. The smallest absolute Gasteiger partial charge is 0.176 e. The van der Waals surface area contributed by atoms with Crippen LogP contribution in [0.2, 0.25) is 12.6 Å². The fourth-order valence-corrected chi connectivity index (χ4v) is 3.82. The second kappa shape index (κ2) is 7.69. The summed E-state index contributed by atoms with van der Waals surface area (Å²) in [5.74, 6) is 0. The summed E-state index contributed by atoms with van der Waals surface area (Å²) < 4.78 is 2.32. The average Bonchev–Trinajstić information content (AvgIpc) is 2.50. The first-order chi connectivity index (χ1) is 10.7. The van der Waals surface area contributed by atoms with Crippen molar-refractivity contribution >= 4 is 49.7 Å². The van der Waals surface area contributed by atoms with Gasteiger partial charge in [0.05, 0.1) is 0 Å². The van der Waals surface area contributed by atoms with Crippen molar-refractivity contribution in [3.63, 3.8) is 0 Å². The maximum atomic E-state index is 3.53. The Labute approximate surface area is 150 Å². The number of anilines is 1. The van der Waals surface area contributed by atoms with Gasteiger partial charge >= 0.3 is 0 Å². The van der Waals surface area contributed by atoms with Crippen LogP contribution in [0.4, 0.5) is 5.69 Å². The largest absolute Gasteiger partial charge is 0.372 e. The fraction of sp³-hybridized carbons (Fsp3) is 0.333. The van der Waals surface area contributed by atoms with Crippen LogP contribution in [0.5, 0.6) is 0 Å². The highest BCUT2D eigenvalue weighted by molar-refractivity contribution is 9.10. The number of benzene rings is 2. The molecule has 0 amide bonds. The molecule has 1 aliphatic heterocycles. The van der Waals surface area contributed by atoms with E-state index in [2.05, 4.69) is 85.3 Å². The minimum absolute atomic E-state index is 0.722. The van der Waals surface area contributed by atoms with E-state index in [-0.39, 0.29) is 0 Å². The third kappa shape index (κ3) is 4.17. The molecule has 0 radical (unpaired) electrons. The van der Waals surface area contributed by atoms with Crippen molar-refractivity contribution < 1.29 is 0 Å². The summed E-state index contributed by atoms with van der Waals surface area (Å²) in [5.41, 5.74) is 2.85. The van der Waals surface area contributed by atoms with Crippen LogP contribution in [0, 0.1) is 0 Å². The SMILES string of the molecule is Brc1ccc(B2CCCN(c3ccc(Br)cc3)CCC2)cc1. The van der Waals surface area contributed by atoms with Gasteiger partial charge in [0.15, 0.2) is 6.71 Å². The first-order valence-corrected chi connectivity index (χ1v) is 9.57. The Morgan fingerprint density at radius 2 is 1.23 bits per heavy atom. The van der Waals surface area contributed by atoms with Crippen LogP contribution in [-0.2, 0) is 0 Å². The lowest BCUT2D eigenvalue weighted by molar-refractivity contribution is 0.722. The standard InChI is InChI=1S/C18H20BBr2N/c20-16-5-3-15(4-6-16)19-11-1-13-22(14-2-12-19)18-9-7-17(21)8-10-18/h3-10H,1-2,11-14H2. The molecule has 0 bridgehead atoms. The number of rotatable bonds is 2. The molecular weight excluding hydrogens is 401 g/mol.